The summed E-state index contributed by atoms with van der Waals surface area (Å²) in [6.45, 7) is 0. The van der Waals surface area contributed by atoms with Gasteiger partial charge in [0.25, 0.3) is 0 Å². The summed E-state index contributed by atoms with van der Waals surface area (Å²) in [6.07, 6.45) is 3.06. The van der Waals surface area contributed by atoms with Gasteiger partial charge in [0.2, 0.25) is 5.91 Å². The summed E-state index contributed by atoms with van der Waals surface area (Å²) in [4.78, 5) is 13.2. The molecule has 2 heterocycles. The Morgan fingerprint density at radius 1 is 1.50 bits per heavy atom. The fraction of sp³-hybridized carbons (Fsp3) is 0.667. The van der Waals surface area contributed by atoms with Gasteiger partial charge in [0.05, 0.1) is 6.42 Å². The first-order valence-corrected chi connectivity index (χ1v) is 5.49. The maximum Gasteiger partial charge on any atom is 0.230 e. The molecule has 0 unspecified atom stereocenters. The fourth-order valence-electron chi connectivity index (χ4n) is 1.78. The molecular weight excluding hydrogens is 170 g/mol. The van der Waals surface area contributed by atoms with Crippen molar-refractivity contribution in [2.75, 3.05) is 18.6 Å². The maximum absolute atomic E-state index is 11.3. The Morgan fingerprint density at radius 3 is 3.17 bits per heavy atom. The third-order valence-electron chi connectivity index (χ3n) is 2.56. The summed E-state index contributed by atoms with van der Waals surface area (Å²) in [6, 6.07) is 0. The average molecular weight is 183 g/mol. The van der Waals surface area contributed by atoms with E-state index >= 15 is 0 Å². The van der Waals surface area contributed by atoms with E-state index < -0.39 is 0 Å². The highest BCUT2D eigenvalue weighted by Gasteiger charge is 2.27. The normalized spacial score (nSPS) is 24.4. The SMILES string of the molecule is CN1C(=O)CC2=C1CSCCC2. The fourth-order valence-corrected chi connectivity index (χ4v) is 2.86. The molecule has 0 N–H and O–H groups in total. The summed E-state index contributed by atoms with van der Waals surface area (Å²) in [5.41, 5.74) is 2.69. The van der Waals surface area contributed by atoms with Gasteiger partial charge in [-0.3, -0.25) is 4.79 Å². The molecule has 1 amide bonds. The van der Waals surface area contributed by atoms with E-state index in [0.717, 1.165) is 12.2 Å². The number of rotatable bonds is 0. The van der Waals surface area contributed by atoms with Gasteiger partial charge in [-0.05, 0) is 24.2 Å². The Hall–Kier alpha value is -0.440. The Morgan fingerprint density at radius 2 is 2.33 bits per heavy atom. The van der Waals surface area contributed by atoms with Crippen molar-refractivity contribution in [2.24, 2.45) is 0 Å². The van der Waals surface area contributed by atoms with E-state index in [1.54, 1.807) is 0 Å². The number of thioether (sulfide) groups is 1. The summed E-state index contributed by atoms with van der Waals surface area (Å²) in [7, 11) is 1.90. The van der Waals surface area contributed by atoms with E-state index in [2.05, 4.69) is 0 Å². The van der Waals surface area contributed by atoms with Gasteiger partial charge in [-0.2, -0.15) is 11.8 Å². The van der Waals surface area contributed by atoms with Crippen molar-refractivity contribution in [3.05, 3.63) is 11.3 Å². The van der Waals surface area contributed by atoms with Crippen molar-refractivity contribution >= 4 is 17.7 Å². The molecule has 2 nitrogen and oxygen atoms in total. The van der Waals surface area contributed by atoms with E-state index in [9.17, 15) is 4.79 Å². The van der Waals surface area contributed by atoms with Crippen LogP contribution in [0.1, 0.15) is 19.3 Å². The van der Waals surface area contributed by atoms with Crippen molar-refractivity contribution < 1.29 is 4.79 Å². The van der Waals surface area contributed by atoms with Gasteiger partial charge in [-0.15, -0.1) is 0 Å². The predicted octanol–water partition coefficient (Wildman–Crippen LogP) is 1.63. The van der Waals surface area contributed by atoms with Crippen LogP contribution in [0.2, 0.25) is 0 Å². The minimum atomic E-state index is 0.280. The molecule has 2 aliphatic rings. The zero-order chi connectivity index (χ0) is 8.55. The number of hydrogen-bond donors (Lipinski definition) is 0. The highest BCUT2D eigenvalue weighted by Crippen LogP contribution is 2.32. The zero-order valence-corrected chi connectivity index (χ0v) is 8.12. The van der Waals surface area contributed by atoms with Crippen LogP contribution in [0.15, 0.2) is 11.3 Å². The lowest BCUT2D eigenvalue weighted by atomic mass is 10.1. The Labute approximate surface area is 77.0 Å². The number of hydrogen-bond acceptors (Lipinski definition) is 2. The van der Waals surface area contributed by atoms with Crippen molar-refractivity contribution in [1.82, 2.24) is 4.90 Å². The Bertz CT molecular complexity index is 247. The average Bonchev–Trinajstić information content (AvgIpc) is 2.30. The lowest BCUT2D eigenvalue weighted by molar-refractivity contribution is -0.126. The molecular formula is C9H13NOS. The first-order valence-electron chi connectivity index (χ1n) is 4.34. The van der Waals surface area contributed by atoms with Crippen LogP contribution >= 0.6 is 11.8 Å². The number of nitrogens with zero attached hydrogens (tertiary/aromatic N) is 1. The minimum absolute atomic E-state index is 0.280. The van der Waals surface area contributed by atoms with Crippen LogP contribution in [0, 0.1) is 0 Å². The standard InChI is InChI=1S/C9H13NOS/c1-10-8-6-12-4-2-3-7(8)5-9(10)11/h2-6H2,1H3. The van der Waals surface area contributed by atoms with Gasteiger partial charge in [-0.25, -0.2) is 0 Å². The van der Waals surface area contributed by atoms with E-state index in [4.69, 9.17) is 0 Å². The molecule has 0 spiro atoms. The maximum atomic E-state index is 11.3. The lowest BCUT2D eigenvalue weighted by Gasteiger charge is -2.13. The summed E-state index contributed by atoms with van der Waals surface area (Å²) in [5.74, 6) is 2.56. The van der Waals surface area contributed by atoms with Crippen molar-refractivity contribution in [3.63, 3.8) is 0 Å². The van der Waals surface area contributed by atoms with Gasteiger partial charge >= 0.3 is 0 Å². The lowest BCUT2D eigenvalue weighted by Crippen LogP contribution is -2.20. The minimum Gasteiger partial charge on any atom is -0.318 e. The topological polar surface area (TPSA) is 20.3 Å². The van der Waals surface area contributed by atoms with Crippen LogP contribution < -0.4 is 0 Å². The molecule has 0 saturated carbocycles. The third kappa shape index (κ3) is 1.26. The summed E-state index contributed by atoms with van der Waals surface area (Å²) in [5, 5.41) is 0. The highest BCUT2D eigenvalue weighted by molar-refractivity contribution is 7.99. The molecule has 0 aromatic carbocycles. The van der Waals surface area contributed by atoms with E-state index in [1.165, 1.54) is 23.4 Å². The molecule has 12 heavy (non-hydrogen) atoms. The third-order valence-corrected chi connectivity index (χ3v) is 3.61. The monoisotopic (exact) mass is 183 g/mol. The molecule has 0 aromatic heterocycles. The smallest absolute Gasteiger partial charge is 0.230 e. The van der Waals surface area contributed by atoms with Gasteiger partial charge in [0.1, 0.15) is 0 Å². The first kappa shape index (κ1) is 8.17. The first-order chi connectivity index (χ1) is 5.79. The molecule has 66 valence electrons. The van der Waals surface area contributed by atoms with Crippen LogP contribution in [0.25, 0.3) is 0 Å². The van der Waals surface area contributed by atoms with E-state index in [0.29, 0.717) is 6.42 Å². The van der Waals surface area contributed by atoms with E-state index in [1.807, 2.05) is 23.7 Å². The molecule has 0 bridgehead atoms. The van der Waals surface area contributed by atoms with Crippen LogP contribution in [-0.2, 0) is 4.79 Å². The predicted molar refractivity (Wildman–Crippen MR) is 51.0 cm³/mol. The largest absolute Gasteiger partial charge is 0.318 e. The second kappa shape index (κ2) is 3.13. The summed E-state index contributed by atoms with van der Waals surface area (Å²) < 4.78 is 0. The molecule has 0 aromatic rings. The zero-order valence-electron chi connectivity index (χ0n) is 7.30. The van der Waals surface area contributed by atoms with E-state index in [-0.39, 0.29) is 5.91 Å². The van der Waals surface area contributed by atoms with Gasteiger partial charge in [0.15, 0.2) is 0 Å². The molecule has 0 aliphatic carbocycles. The second-order valence-electron chi connectivity index (χ2n) is 3.34. The van der Waals surface area contributed by atoms with Crippen LogP contribution in [0.5, 0.6) is 0 Å². The summed E-state index contributed by atoms with van der Waals surface area (Å²) >= 11 is 1.95. The van der Waals surface area contributed by atoms with Gasteiger partial charge in [-0.1, -0.05) is 0 Å². The number of amides is 1. The second-order valence-corrected chi connectivity index (χ2v) is 4.44. The molecule has 0 radical (unpaired) electrons. The Balaban J connectivity index is 2.22. The van der Waals surface area contributed by atoms with Crippen LogP contribution in [-0.4, -0.2) is 29.4 Å². The van der Waals surface area contributed by atoms with Crippen molar-refractivity contribution in [2.45, 2.75) is 19.3 Å². The quantitative estimate of drug-likeness (QED) is 0.569. The molecule has 2 rings (SSSR count). The molecule has 2 aliphatic heterocycles. The highest BCUT2D eigenvalue weighted by atomic mass is 32.2. The van der Waals surface area contributed by atoms with Crippen molar-refractivity contribution in [1.29, 1.82) is 0 Å². The van der Waals surface area contributed by atoms with Gasteiger partial charge < -0.3 is 4.90 Å². The number of carbonyl (C=O) groups is 1. The number of carbonyl (C=O) groups excluding carboxylic acids is 1. The van der Waals surface area contributed by atoms with Gasteiger partial charge in [0, 0.05) is 18.5 Å². The van der Waals surface area contributed by atoms with Crippen LogP contribution in [0.4, 0.5) is 0 Å². The van der Waals surface area contributed by atoms with Crippen molar-refractivity contribution in [3.8, 4) is 0 Å². The molecule has 3 heteroatoms. The Kier molecular flexibility index (Phi) is 2.13. The molecule has 0 fully saturated rings. The van der Waals surface area contributed by atoms with Crippen LogP contribution in [0.3, 0.4) is 0 Å². The molecule has 0 atom stereocenters. The molecule has 0 saturated heterocycles.